The van der Waals surface area contributed by atoms with Gasteiger partial charge < -0.3 is 73.2 Å². The Balaban J connectivity index is 0.000000139. The molecule has 2 unspecified atom stereocenters. The molecule has 0 radical (unpaired) electrons. The molecule has 12 heterocycles. The summed E-state index contributed by atoms with van der Waals surface area (Å²) in [6, 6.07) is 23.4. The largest absolute Gasteiger partial charge is 0.341 e. The number of likely N-dealkylation sites (N-methyl/N-ethyl adjacent to an activating group) is 1. The van der Waals surface area contributed by atoms with Crippen molar-refractivity contribution in [2.24, 2.45) is 11.7 Å². The molecule has 2 saturated carbocycles. The minimum Gasteiger partial charge on any atom is -0.341 e. The van der Waals surface area contributed by atoms with Crippen LogP contribution in [-0.4, -0.2) is 202 Å². The minimum atomic E-state index is -2.43. The number of amides is 2. The Morgan fingerprint density at radius 2 is 0.730 bits per heavy atom. The number of nitrogens with one attached hydrogen (secondary N) is 13. The van der Waals surface area contributed by atoms with Crippen molar-refractivity contribution in [2.45, 2.75) is 208 Å². The summed E-state index contributed by atoms with van der Waals surface area (Å²) in [5.41, 5.74) is 22.8. The number of carbonyl (C=O) groups is 2. The summed E-state index contributed by atoms with van der Waals surface area (Å²) in [5.74, 6) is 3.31. The maximum Gasteiger partial charge on any atom is 0.252 e. The first-order valence-corrected chi connectivity index (χ1v) is 48.0. The van der Waals surface area contributed by atoms with Gasteiger partial charge in [-0.3, -0.25) is 30.0 Å². The predicted molar refractivity (Wildman–Crippen MR) is 534 cm³/mol. The summed E-state index contributed by atoms with van der Waals surface area (Å²) in [4.78, 5) is 68.3. The Bertz CT molecular complexity index is 6270. The molecular formula is C97H120Cl4F4N30O2. The SMILES string of the molecule is CNC(C)(C)C(=O)N1CCC(c2cc(F)c(Nc3ncc(Cl)c(Nc4cc(C)[nH]n4)n3)cc2C)CC1.Cc1cc(Nc2nc(Nc3cc(C)c(C4CCN(C(=O)C(C)N)CC4)cc3F)ncc2Cl)n[nH]1.Cc1cc(Nc2nc(Nc3cc(C)c(C4CCN(C5CC5)CC4)cc3C)ncc2Cl)n[nH]1.Cc1cc(Nc2nc(Nc3cc(C)c(C4CCN(CC5CC5(F)F)CC4)cc3C)ncc2Cl)n[nH]1. The predicted octanol–water partition coefficient (Wildman–Crippen LogP) is 20.7. The van der Waals surface area contributed by atoms with Crippen LogP contribution in [0.25, 0.3) is 0 Å². The third-order valence-electron chi connectivity index (χ3n) is 26.2. The highest BCUT2D eigenvalue weighted by Crippen LogP contribution is 2.50. The lowest BCUT2D eigenvalue weighted by molar-refractivity contribution is -0.138. The normalized spacial score (nSPS) is 16.9. The molecule has 726 valence electrons. The van der Waals surface area contributed by atoms with Crippen molar-refractivity contribution in [3.63, 3.8) is 0 Å². The molecule has 2 amide bonds. The van der Waals surface area contributed by atoms with Crippen LogP contribution in [0.1, 0.15) is 193 Å². The highest BCUT2D eigenvalue weighted by Gasteiger charge is 2.57. The topological polar surface area (TPSA) is 399 Å². The molecular weight excluding hydrogens is 1840 g/mol. The third kappa shape index (κ3) is 25.5. The fourth-order valence-corrected chi connectivity index (χ4v) is 18.6. The van der Waals surface area contributed by atoms with Crippen LogP contribution in [0.2, 0.25) is 20.1 Å². The van der Waals surface area contributed by atoms with Crippen molar-refractivity contribution < 1.29 is 27.2 Å². The molecule has 15 N–H and O–H groups in total. The van der Waals surface area contributed by atoms with Gasteiger partial charge in [0.1, 0.15) is 31.7 Å². The smallest absolute Gasteiger partial charge is 0.252 e. The molecule has 12 aromatic rings. The number of benzene rings is 4. The lowest BCUT2D eigenvalue weighted by atomic mass is 9.85. The quantitative estimate of drug-likeness (QED) is 0.0224. The number of rotatable bonds is 26. The molecule has 6 aliphatic rings. The number of alkyl halides is 2. The maximum absolute atomic E-state index is 15.2. The first-order valence-electron chi connectivity index (χ1n) is 46.5. The lowest BCUT2D eigenvalue weighted by Crippen LogP contribution is -2.54. The summed E-state index contributed by atoms with van der Waals surface area (Å²) in [7, 11) is 1.79. The van der Waals surface area contributed by atoms with Gasteiger partial charge in [-0.1, -0.05) is 58.5 Å². The van der Waals surface area contributed by atoms with Gasteiger partial charge in [-0.05, 0) is 303 Å². The number of nitrogens with two attached hydrogens (primary N) is 1. The van der Waals surface area contributed by atoms with E-state index in [2.05, 4.69) is 190 Å². The van der Waals surface area contributed by atoms with Crippen LogP contribution < -0.4 is 53.6 Å². The number of hydrogen-bond donors (Lipinski definition) is 14. The van der Waals surface area contributed by atoms with Gasteiger partial charge in [0.25, 0.3) is 5.92 Å². The summed E-state index contributed by atoms with van der Waals surface area (Å²) in [6.07, 6.45) is 16.5. The van der Waals surface area contributed by atoms with Crippen LogP contribution in [0.3, 0.4) is 0 Å². The van der Waals surface area contributed by atoms with Crippen molar-refractivity contribution in [1.29, 1.82) is 0 Å². The zero-order valence-corrected chi connectivity index (χ0v) is 82.5. The molecule has 32 nitrogen and oxygen atoms in total. The van der Waals surface area contributed by atoms with Gasteiger partial charge in [0.15, 0.2) is 46.5 Å². The molecule has 4 aromatic carbocycles. The second-order valence-electron chi connectivity index (χ2n) is 37.3. The highest BCUT2D eigenvalue weighted by atomic mass is 35.5. The van der Waals surface area contributed by atoms with E-state index in [1.807, 2.05) is 84.6 Å². The number of piperidine rings is 4. The monoisotopic (exact) mass is 1950 g/mol. The number of nitrogens with zero attached hydrogens (tertiary/aromatic N) is 16. The number of anilines is 16. The number of carbonyl (C=O) groups excluding carboxylic acids is 2. The number of halogens is 8. The van der Waals surface area contributed by atoms with Crippen molar-refractivity contribution in [3.05, 3.63) is 208 Å². The molecule has 8 aromatic heterocycles. The average Bonchev–Trinajstić information content (AvgIpc) is 1.62. The fraction of sp³-hybridized carbons (Fsp3) is 0.443. The minimum absolute atomic E-state index is 0.0415. The lowest BCUT2D eigenvalue weighted by Gasteiger charge is -2.37. The van der Waals surface area contributed by atoms with Gasteiger partial charge >= 0.3 is 0 Å². The van der Waals surface area contributed by atoms with E-state index in [-0.39, 0.29) is 59.2 Å². The molecule has 0 spiro atoms. The Morgan fingerprint density at radius 3 is 1.03 bits per heavy atom. The summed E-state index contributed by atoms with van der Waals surface area (Å²) >= 11 is 25.0. The maximum atomic E-state index is 15.2. The molecule has 40 heteroatoms. The fourth-order valence-electron chi connectivity index (χ4n) is 18.1. The van der Waals surface area contributed by atoms with Gasteiger partial charge in [0.05, 0.1) is 47.7 Å². The first-order chi connectivity index (χ1) is 65.4. The zero-order chi connectivity index (χ0) is 97.4. The molecule has 0 bridgehead atoms. The Labute approximate surface area is 814 Å². The van der Waals surface area contributed by atoms with Crippen LogP contribution >= 0.6 is 46.4 Å². The zero-order valence-electron chi connectivity index (χ0n) is 79.5. The van der Waals surface area contributed by atoms with Crippen LogP contribution in [-0.2, 0) is 9.59 Å². The highest BCUT2D eigenvalue weighted by molar-refractivity contribution is 6.34. The van der Waals surface area contributed by atoms with E-state index < -0.39 is 29.2 Å². The van der Waals surface area contributed by atoms with Gasteiger partial charge in [-0.2, -0.15) is 40.3 Å². The van der Waals surface area contributed by atoms with E-state index in [1.54, 1.807) is 55.5 Å². The number of H-pyrrole nitrogens is 4. The van der Waals surface area contributed by atoms with Crippen LogP contribution in [0, 0.1) is 86.8 Å². The molecule has 2 atom stereocenters. The Kier molecular flexibility index (Phi) is 31.6. The first kappa shape index (κ1) is 99.6. The number of aromatic nitrogens is 16. The molecule has 2 aliphatic carbocycles. The molecule has 4 saturated heterocycles. The van der Waals surface area contributed by atoms with E-state index in [1.165, 1.54) is 79.0 Å². The van der Waals surface area contributed by atoms with Crippen molar-refractivity contribution >= 4 is 151 Å². The molecule has 18 rings (SSSR count). The number of hydrogen-bond acceptors (Lipinski definition) is 26. The third-order valence-corrected chi connectivity index (χ3v) is 27.3. The second kappa shape index (κ2) is 43.4. The van der Waals surface area contributed by atoms with E-state index in [0.717, 1.165) is 120 Å². The Morgan fingerprint density at radius 1 is 0.431 bits per heavy atom. The molecule has 4 aliphatic heterocycles. The van der Waals surface area contributed by atoms with E-state index in [0.29, 0.717) is 123 Å². The summed E-state index contributed by atoms with van der Waals surface area (Å²) in [6.45, 7) is 32.8. The number of likely N-dealkylation sites (tertiary alicyclic amines) is 4. The van der Waals surface area contributed by atoms with Crippen LogP contribution in [0.15, 0.2) is 97.6 Å². The van der Waals surface area contributed by atoms with Gasteiger partial charge in [-0.15, -0.1) is 0 Å². The van der Waals surface area contributed by atoms with Gasteiger partial charge in [-0.25, -0.2) is 37.5 Å². The summed E-state index contributed by atoms with van der Waals surface area (Å²) < 4.78 is 56.8. The number of aromatic amines is 4. The summed E-state index contributed by atoms with van der Waals surface area (Å²) in [5, 5.41) is 57.5. The van der Waals surface area contributed by atoms with E-state index in [9.17, 15) is 18.4 Å². The second-order valence-corrected chi connectivity index (χ2v) is 39.0. The van der Waals surface area contributed by atoms with Gasteiger partial charge in [0, 0.05) is 110 Å². The number of aryl methyl sites for hydroxylation is 10. The van der Waals surface area contributed by atoms with Gasteiger partial charge in [0.2, 0.25) is 35.6 Å². The standard InChI is InChI=1S/C25H30ClF2N7.C25H32ClFN8O.C24H30ClN7.C23H28ClFN8O/c1-14-9-21(30-24-29-12-20(26)23(32-24)31-22-10-16(3)33-34-22)15(2)8-19(14)17-4-6-35(7-5-17)13-18-11-25(18,27)28;1-14-10-20(30-24-29-13-18(26)22(32-24)31-21-11-15(2)33-34-21)19(27)12-17(14)16-6-8-35(9-7-16)23(36)25(3,4)28-5;1-14-11-21(15(2)10-19(14)17-6-8-32(9-7-17)18-4-5-18)27-24-26-13-20(25)23(29-24)28-22-12-16(3)30-31-22;1-12-8-19(18(25)10-16(12)15-4-6-33(7-5-15)22(34)14(3)26)28-23-27-11-17(24)21(30-23)29-20-9-13(2)31-32-20/h8-10,12,17-18H,4-7,11,13H2,1-3H3,(H3,29,30,31,32,33,34);10-13,16,28H,6-9H2,1-5H3,(H3,29,30,31,32,33,34);10-13,17-18H,4-9H2,1-3H3,(H3,26,27,28,29,30,31);8-11,14-15H,4-7,26H2,1-3H3,(H3,27,28,29,30,31,32). The van der Waals surface area contributed by atoms with Crippen LogP contribution in [0.5, 0.6) is 0 Å². The molecule has 6 fully saturated rings. The Hall–Kier alpha value is -11.9. The van der Waals surface area contributed by atoms with Crippen LogP contribution in [0.4, 0.5) is 111 Å². The van der Waals surface area contributed by atoms with Crippen molar-refractivity contribution in [3.8, 4) is 0 Å². The molecule has 137 heavy (non-hydrogen) atoms. The van der Waals surface area contributed by atoms with E-state index >= 15 is 8.78 Å². The average molecular weight is 1960 g/mol. The van der Waals surface area contributed by atoms with Crippen molar-refractivity contribution in [1.82, 2.24) is 106 Å². The van der Waals surface area contributed by atoms with E-state index in [4.69, 9.17) is 52.1 Å². The van der Waals surface area contributed by atoms with Crippen molar-refractivity contribution in [2.75, 3.05) is 108 Å².